The van der Waals surface area contributed by atoms with Gasteiger partial charge in [0, 0.05) is 0 Å². The molecule has 0 spiro atoms. The van der Waals surface area contributed by atoms with Crippen molar-refractivity contribution in [1.82, 2.24) is 5.32 Å². The van der Waals surface area contributed by atoms with E-state index in [4.69, 9.17) is 0 Å². The SMILES string of the molecule is NS(=O)(=O)c1ccc(C(=O)NCC(F)(F)F)o1. The van der Waals surface area contributed by atoms with Gasteiger partial charge >= 0.3 is 6.18 Å². The average molecular weight is 272 g/mol. The number of hydrogen-bond acceptors (Lipinski definition) is 4. The molecule has 1 heterocycles. The van der Waals surface area contributed by atoms with Crippen molar-refractivity contribution >= 4 is 15.9 Å². The molecule has 96 valence electrons. The van der Waals surface area contributed by atoms with E-state index >= 15 is 0 Å². The summed E-state index contributed by atoms with van der Waals surface area (Å²) in [5.41, 5.74) is 0. The van der Waals surface area contributed by atoms with Crippen LogP contribution in [0.25, 0.3) is 0 Å². The van der Waals surface area contributed by atoms with Crippen LogP contribution in [-0.2, 0) is 10.0 Å². The summed E-state index contributed by atoms with van der Waals surface area (Å²) in [4.78, 5) is 11.1. The molecule has 0 bridgehead atoms. The molecule has 0 aliphatic heterocycles. The minimum atomic E-state index is -4.56. The highest BCUT2D eigenvalue weighted by atomic mass is 32.2. The minimum Gasteiger partial charge on any atom is -0.438 e. The lowest BCUT2D eigenvalue weighted by Gasteiger charge is -2.06. The largest absolute Gasteiger partial charge is 0.438 e. The van der Waals surface area contributed by atoms with Crippen molar-refractivity contribution < 1.29 is 30.8 Å². The standard InChI is InChI=1S/C7H7F3N2O4S/c8-7(9,10)3-12-6(13)4-1-2-5(16-4)17(11,14)15/h1-2H,3H2,(H,12,13)(H2,11,14,15). The monoisotopic (exact) mass is 272 g/mol. The molecule has 1 aromatic rings. The summed E-state index contributed by atoms with van der Waals surface area (Å²) in [6.45, 7) is -1.54. The molecule has 6 nitrogen and oxygen atoms in total. The van der Waals surface area contributed by atoms with Gasteiger partial charge in [-0.1, -0.05) is 0 Å². The lowest BCUT2D eigenvalue weighted by atomic mass is 10.4. The van der Waals surface area contributed by atoms with E-state index in [0.717, 1.165) is 12.1 Å². The van der Waals surface area contributed by atoms with E-state index < -0.39 is 39.5 Å². The molecule has 0 atom stereocenters. The van der Waals surface area contributed by atoms with Crippen molar-refractivity contribution in [1.29, 1.82) is 0 Å². The number of furan rings is 1. The van der Waals surface area contributed by atoms with Gasteiger partial charge in [-0.15, -0.1) is 0 Å². The van der Waals surface area contributed by atoms with Crippen LogP contribution in [0.15, 0.2) is 21.6 Å². The highest BCUT2D eigenvalue weighted by Crippen LogP contribution is 2.14. The van der Waals surface area contributed by atoms with Gasteiger partial charge in [0.05, 0.1) is 0 Å². The zero-order valence-electron chi connectivity index (χ0n) is 8.11. The molecule has 0 radical (unpaired) electrons. The van der Waals surface area contributed by atoms with Crippen LogP contribution in [0.4, 0.5) is 13.2 Å². The van der Waals surface area contributed by atoms with Crippen LogP contribution in [0.5, 0.6) is 0 Å². The fourth-order valence-electron chi connectivity index (χ4n) is 0.863. The van der Waals surface area contributed by atoms with E-state index in [1.54, 1.807) is 0 Å². The molecular weight excluding hydrogens is 265 g/mol. The molecule has 10 heteroatoms. The summed E-state index contributed by atoms with van der Waals surface area (Å²) in [7, 11) is -4.13. The summed E-state index contributed by atoms with van der Waals surface area (Å²) in [5.74, 6) is -1.75. The zero-order valence-corrected chi connectivity index (χ0v) is 8.93. The van der Waals surface area contributed by atoms with Crippen molar-refractivity contribution in [3.63, 3.8) is 0 Å². The van der Waals surface area contributed by atoms with E-state index in [1.165, 1.54) is 5.32 Å². The molecule has 1 aromatic heterocycles. The second kappa shape index (κ2) is 4.37. The Morgan fingerprint density at radius 1 is 1.41 bits per heavy atom. The Hall–Kier alpha value is -1.55. The Bertz CT molecular complexity index is 519. The molecule has 1 amide bonds. The molecule has 0 aliphatic rings. The maximum atomic E-state index is 11.8. The van der Waals surface area contributed by atoms with E-state index in [0.29, 0.717) is 0 Å². The normalized spacial score (nSPS) is 12.5. The highest BCUT2D eigenvalue weighted by Gasteiger charge is 2.28. The molecule has 0 aliphatic carbocycles. The number of sulfonamides is 1. The van der Waals surface area contributed by atoms with Gasteiger partial charge in [0.2, 0.25) is 5.09 Å². The van der Waals surface area contributed by atoms with Crippen molar-refractivity contribution in [2.24, 2.45) is 5.14 Å². The third-order valence-corrected chi connectivity index (χ3v) is 2.32. The Morgan fingerprint density at radius 3 is 2.41 bits per heavy atom. The molecule has 0 fully saturated rings. The van der Waals surface area contributed by atoms with Gasteiger partial charge in [0.25, 0.3) is 15.9 Å². The summed E-state index contributed by atoms with van der Waals surface area (Å²) in [6.07, 6.45) is -4.56. The van der Waals surface area contributed by atoms with Gasteiger partial charge < -0.3 is 9.73 Å². The Balaban J connectivity index is 2.75. The van der Waals surface area contributed by atoms with Gasteiger partial charge in [-0.3, -0.25) is 4.79 Å². The number of amides is 1. The first-order chi connectivity index (χ1) is 7.59. The van der Waals surface area contributed by atoms with Crippen LogP contribution in [0.1, 0.15) is 10.6 Å². The smallest absolute Gasteiger partial charge is 0.405 e. The molecule has 0 aromatic carbocycles. The number of alkyl halides is 3. The van der Waals surface area contributed by atoms with Crippen LogP contribution in [-0.4, -0.2) is 27.0 Å². The van der Waals surface area contributed by atoms with Crippen LogP contribution in [0.2, 0.25) is 0 Å². The van der Waals surface area contributed by atoms with Crippen LogP contribution >= 0.6 is 0 Å². The molecule has 0 saturated heterocycles. The predicted octanol–water partition coefficient (Wildman–Crippen LogP) is 0.219. The number of nitrogens with two attached hydrogens (primary N) is 1. The summed E-state index contributed by atoms with van der Waals surface area (Å²) in [6, 6.07) is 1.78. The fourth-order valence-corrected chi connectivity index (χ4v) is 1.33. The maximum Gasteiger partial charge on any atom is 0.405 e. The summed E-state index contributed by atoms with van der Waals surface area (Å²) >= 11 is 0. The molecule has 1 rings (SSSR count). The molecule has 0 unspecified atom stereocenters. The first kappa shape index (κ1) is 13.5. The van der Waals surface area contributed by atoms with E-state index in [2.05, 4.69) is 9.56 Å². The summed E-state index contributed by atoms with van der Waals surface area (Å²) in [5, 5.41) is 5.49. The predicted molar refractivity (Wildman–Crippen MR) is 48.5 cm³/mol. The highest BCUT2D eigenvalue weighted by molar-refractivity contribution is 7.89. The lowest BCUT2D eigenvalue weighted by molar-refractivity contribution is -0.123. The zero-order chi connectivity index (χ0) is 13.3. The van der Waals surface area contributed by atoms with E-state index in [1.807, 2.05) is 0 Å². The van der Waals surface area contributed by atoms with E-state index in [9.17, 15) is 26.4 Å². The van der Waals surface area contributed by atoms with Gasteiger partial charge in [0.15, 0.2) is 5.76 Å². The van der Waals surface area contributed by atoms with Gasteiger partial charge in [0.1, 0.15) is 6.54 Å². The second-order valence-corrected chi connectivity index (χ2v) is 4.45. The quantitative estimate of drug-likeness (QED) is 0.821. The topological polar surface area (TPSA) is 102 Å². The van der Waals surface area contributed by atoms with Crippen molar-refractivity contribution in [2.45, 2.75) is 11.3 Å². The third kappa shape index (κ3) is 4.07. The third-order valence-electron chi connectivity index (χ3n) is 1.53. The molecule has 3 N–H and O–H groups in total. The summed E-state index contributed by atoms with van der Waals surface area (Å²) < 4.78 is 61.3. The van der Waals surface area contributed by atoms with Crippen molar-refractivity contribution in [3.8, 4) is 0 Å². The number of carbonyl (C=O) groups excluding carboxylic acids is 1. The van der Waals surface area contributed by atoms with Gasteiger partial charge in [-0.2, -0.15) is 13.2 Å². The average Bonchev–Trinajstić information content (AvgIpc) is 2.60. The number of primary sulfonamides is 1. The van der Waals surface area contributed by atoms with E-state index in [-0.39, 0.29) is 0 Å². The molecule has 0 saturated carbocycles. The number of carbonyl (C=O) groups is 1. The maximum absolute atomic E-state index is 11.8. The Morgan fingerprint density at radius 2 is 2.00 bits per heavy atom. The van der Waals surface area contributed by atoms with Gasteiger partial charge in [-0.25, -0.2) is 13.6 Å². The van der Waals surface area contributed by atoms with Crippen LogP contribution in [0.3, 0.4) is 0 Å². The second-order valence-electron chi connectivity index (χ2n) is 2.96. The van der Waals surface area contributed by atoms with Gasteiger partial charge in [-0.05, 0) is 12.1 Å². The minimum absolute atomic E-state index is 0.571. The number of hydrogen-bond donors (Lipinski definition) is 2. The first-order valence-electron chi connectivity index (χ1n) is 4.07. The molecule has 17 heavy (non-hydrogen) atoms. The first-order valence-corrected chi connectivity index (χ1v) is 5.62. The van der Waals surface area contributed by atoms with Crippen LogP contribution < -0.4 is 10.5 Å². The van der Waals surface area contributed by atoms with Crippen molar-refractivity contribution in [2.75, 3.05) is 6.54 Å². The van der Waals surface area contributed by atoms with Crippen LogP contribution in [0, 0.1) is 0 Å². The lowest BCUT2D eigenvalue weighted by Crippen LogP contribution is -2.33. The molecular formula is C7H7F3N2O4S. The number of halogens is 3. The number of rotatable bonds is 3. The van der Waals surface area contributed by atoms with Crippen molar-refractivity contribution in [3.05, 3.63) is 17.9 Å². The Labute approximate surface area is 93.6 Å². The fraction of sp³-hybridized carbons (Fsp3) is 0.286. The number of nitrogens with one attached hydrogen (secondary N) is 1. The Kier molecular flexibility index (Phi) is 3.48.